The molecule has 0 radical (unpaired) electrons. The third-order valence-electron chi connectivity index (χ3n) is 4.96. The molecule has 3 unspecified atom stereocenters. The van der Waals surface area contributed by atoms with Crippen LogP contribution in [0.25, 0.3) is 0 Å². The summed E-state index contributed by atoms with van der Waals surface area (Å²) in [6.07, 6.45) is -2.24. The minimum absolute atomic E-state index is 0.116. The van der Waals surface area contributed by atoms with Crippen LogP contribution in [0.3, 0.4) is 0 Å². The van der Waals surface area contributed by atoms with Gasteiger partial charge in [0.25, 0.3) is 0 Å². The van der Waals surface area contributed by atoms with Crippen LogP contribution in [0.1, 0.15) is 60.1 Å². The van der Waals surface area contributed by atoms with Crippen molar-refractivity contribution in [2.24, 2.45) is 17.6 Å². The first-order valence-corrected chi connectivity index (χ1v) is 11.6. The van der Waals surface area contributed by atoms with E-state index in [2.05, 4.69) is 5.32 Å². The largest absolute Gasteiger partial charge is 0.459 e. The summed E-state index contributed by atoms with van der Waals surface area (Å²) >= 11 is 0. The second kappa shape index (κ2) is 14.2. The first-order valence-electron chi connectivity index (χ1n) is 11.6. The summed E-state index contributed by atoms with van der Waals surface area (Å²) in [4.78, 5) is 60.2. The van der Waals surface area contributed by atoms with Crippen molar-refractivity contribution < 1.29 is 42.9 Å². The molecule has 3 N–H and O–H groups in total. The fraction of sp³-hybridized carbons (Fsp3) is 0.560. The molecule has 0 bridgehead atoms. The Kier molecular flexibility index (Phi) is 12.0. The summed E-state index contributed by atoms with van der Waals surface area (Å²) in [6, 6.07) is 4.07. The number of nitrogens with two attached hydrogens (primary N) is 1. The van der Waals surface area contributed by atoms with Crippen molar-refractivity contribution in [1.82, 2.24) is 5.32 Å². The van der Waals surface area contributed by atoms with Crippen LogP contribution in [-0.4, -0.2) is 54.6 Å². The third kappa shape index (κ3) is 10.0. The van der Waals surface area contributed by atoms with Gasteiger partial charge in [0.05, 0.1) is 6.04 Å². The van der Waals surface area contributed by atoms with Gasteiger partial charge in [0.15, 0.2) is 0 Å². The maximum atomic E-state index is 12.7. The van der Waals surface area contributed by atoms with Crippen LogP contribution in [0, 0.1) is 11.8 Å². The summed E-state index contributed by atoms with van der Waals surface area (Å²) in [5, 5.41) is 2.61. The molecule has 1 aromatic carbocycles. The molecule has 0 saturated heterocycles. The predicted octanol–water partition coefficient (Wildman–Crippen LogP) is 1.82. The monoisotopic (exact) mass is 508 g/mol. The molecular formula is C25H36N2O9. The Balaban J connectivity index is 2.79. The van der Waals surface area contributed by atoms with Crippen LogP contribution < -0.4 is 15.8 Å². The molecule has 0 aliphatic heterocycles. The van der Waals surface area contributed by atoms with Crippen LogP contribution in [-0.2, 0) is 38.2 Å². The Morgan fingerprint density at radius 2 is 1.42 bits per heavy atom. The van der Waals surface area contributed by atoms with Crippen molar-refractivity contribution in [3.8, 4) is 5.75 Å². The fourth-order valence-corrected chi connectivity index (χ4v) is 2.93. The van der Waals surface area contributed by atoms with Crippen LogP contribution in [0.15, 0.2) is 24.3 Å². The third-order valence-corrected chi connectivity index (χ3v) is 4.96. The summed E-state index contributed by atoms with van der Waals surface area (Å²) in [5.41, 5.74) is 6.14. The maximum Gasteiger partial charge on any atom is 0.352 e. The van der Waals surface area contributed by atoms with Gasteiger partial charge in [0, 0.05) is 19.4 Å². The maximum absolute atomic E-state index is 12.7. The quantitative estimate of drug-likeness (QED) is 0.242. The molecule has 1 rings (SSSR count). The number of carbonyl (C=O) groups excluding carboxylic acids is 5. The van der Waals surface area contributed by atoms with E-state index in [1.807, 2.05) is 0 Å². The Morgan fingerprint density at radius 3 is 1.89 bits per heavy atom. The van der Waals surface area contributed by atoms with E-state index in [9.17, 15) is 24.0 Å². The van der Waals surface area contributed by atoms with Crippen LogP contribution in [0.5, 0.6) is 5.75 Å². The van der Waals surface area contributed by atoms with E-state index in [1.165, 1.54) is 38.1 Å². The minimum atomic E-state index is -1.38. The zero-order valence-electron chi connectivity index (χ0n) is 21.7. The second-order valence-corrected chi connectivity index (χ2v) is 9.03. The Bertz CT molecular complexity index is 928. The highest BCUT2D eigenvalue weighted by atomic mass is 16.6. The number of amides is 1. The summed E-state index contributed by atoms with van der Waals surface area (Å²) in [6.45, 7) is 10.7. The van der Waals surface area contributed by atoms with Gasteiger partial charge in [0.1, 0.15) is 24.5 Å². The molecule has 1 amide bonds. The standard InChI is InChI=1S/C25H36N2O9/c1-13(2)20(26)23(30)27-21(14(3)4)24(31)34-15(5)12-33-25(32)22(36-17(7)29)18-8-10-19(11-9-18)35-16(6)28/h8-11,13-15,20-22H,12,26H2,1-7H3,(H,27,30)/t15?,20-,21?,22?/m0/s1. The number of rotatable bonds is 12. The van der Waals surface area contributed by atoms with Crippen LogP contribution in [0.2, 0.25) is 0 Å². The molecule has 0 spiro atoms. The fourth-order valence-electron chi connectivity index (χ4n) is 2.93. The van der Waals surface area contributed by atoms with Gasteiger partial charge in [-0.2, -0.15) is 0 Å². The second-order valence-electron chi connectivity index (χ2n) is 9.03. The summed E-state index contributed by atoms with van der Waals surface area (Å²) < 4.78 is 20.6. The molecule has 11 nitrogen and oxygen atoms in total. The van der Waals surface area contributed by atoms with E-state index in [-0.39, 0.29) is 24.2 Å². The Morgan fingerprint density at radius 1 is 0.833 bits per heavy atom. The zero-order chi connectivity index (χ0) is 27.6. The lowest BCUT2D eigenvalue weighted by Crippen LogP contribution is -2.53. The lowest BCUT2D eigenvalue weighted by Gasteiger charge is -2.25. The van der Waals surface area contributed by atoms with Crippen LogP contribution in [0.4, 0.5) is 0 Å². The number of hydrogen-bond acceptors (Lipinski definition) is 10. The van der Waals surface area contributed by atoms with E-state index >= 15 is 0 Å². The van der Waals surface area contributed by atoms with E-state index in [0.717, 1.165) is 6.92 Å². The Labute approximate surface area is 211 Å². The van der Waals surface area contributed by atoms with E-state index < -0.39 is 54.1 Å². The highest BCUT2D eigenvalue weighted by Crippen LogP contribution is 2.23. The van der Waals surface area contributed by atoms with Gasteiger partial charge in [0.2, 0.25) is 12.0 Å². The molecule has 36 heavy (non-hydrogen) atoms. The van der Waals surface area contributed by atoms with Gasteiger partial charge in [-0.05, 0) is 30.9 Å². The first-order chi connectivity index (χ1) is 16.7. The average molecular weight is 509 g/mol. The number of benzene rings is 1. The number of carbonyl (C=O) groups is 5. The van der Waals surface area contributed by atoms with Crippen LogP contribution >= 0.6 is 0 Å². The van der Waals surface area contributed by atoms with Gasteiger partial charge in [-0.15, -0.1) is 0 Å². The van der Waals surface area contributed by atoms with Gasteiger partial charge >= 0.3 is 23.9 Å². The smallest absolute Gasteiger partial charge is 0.352 e. The van der Waals surface area contributed by atoms with Crippen molar-refractivity contribution >= 4 is 29.8 Å². The summed E-state index contributed by atoms with van der Waals surface area (Å²) in [5.74, 6) is -3.42. The van der Waals surface area contributed by atoms with Gasteiger partial charge in [-0.3, -0.25) is 14.4 Å². The molecule has 11 heteroatoms. The Hall–Kier alpha value is -3.47. The molecule has 0 aliphatic carbocycles. The number of ether oxygens (including phenoxy) is 4. The molecular weight excluding hydrogens is 472 g/mol. The molecule has 200 valence electrons. The van der Waals surface area contributed by atoms with Crippen molar-refractivity contribution in [3.63, 3.8) is 0 Å². The van der Waals surface area contributed by atoms with E-state index in [0.29, 0.717) is 5.56 Å². The topological polar surface area (TPSA) is 160 Å². The van der Waals surface area contributed by atoms with Crippen molar-refractivity contribution in [1.29, 1.82) is 0 Å². The highest BCUT2D eigenvalue weighted by Gasteiger charge is 2.31. The lowest BCUT2D eigenvalue weighted by atomic mass is 10.0. The molecule has 0 aliphatic rings. The molecule has 0 fully saturated rings. The number of hydrogen-bond donors (Lipinski definition) is 2. The normalized spacial score (nSPS) is 14.3. The highest BCUT2D eigenvalue weighted by molar-refractivity contribution is 5.87. The molecule has 0 heterocycles. The van der Waals surface area contributed by atoms with Crippen molar-refractivity contribution in [2.75, 3.05) is 6.61 Å². The van der Waals surface area contributed by atoms with Crippen molar-refractivity contribution in [2.45, 2.75) is 72.8 Å². The number of nitrogens with one attached hydrogen (secondary N) is 1. The van der Waals surface area contributed by atoms with Gasteiger partial charge in [-0.1, -0.05) is 39.8 Å². The average Bonchev–Trinajstić information content (AvgIpc) is 2.78. The van der Waals surface area contributed by atoms with Gasteiger partial charge < -0.3 is 30.0 Å². The molecule has 4 atom stereocenters. The number of esters is 4. The molecule has 1 aromatic rings. The zero-order valence-corrected chi connectivity index (χ0v) is 21.7. The minimum Gasteiger partial charge on any atom is -0.459 e. The van der Waals surface area contributed by atoms with Crippen molar-refractivity contribution in [3.05, 3.63) is 29.8 Å². The first kappa shape index (κ1) is 30.6. The predicted molar refractivity (Wildman–Crippen MR) is 128 cm³/mol. The van der Waals surface area contributed by atoms with E-state index in [4.69, 9.17) is 24.7 Å². The molecule has 0 saturated carbocycles. The molecule has 0 aromatic heterocycles. The summed E-state index contributed by atoms with van der Waals surface area (Å²) in [7, 11) is 0. The SMILES string of the molecule is CC(=O)Oc1ccc(C(OC(C)=O)C(=O)OCC(C)OC(=O)C(NC(=O)[C@@H](N)C(C)C)C(C)C)cc1. The lowest BCUT2D eigenvalue weighted by molar-refractivity contribution is -0.172. The van der Waals surface area contributed by atoms with E-state index in [1.54, 1.807) is 27.7 Å². The van der Waals surface area contributed by atoms with Gasteiger partial charge in [-0.25, -0.2) is 9.59 Å².